The lowest BCUT2D eigenvalue weighted by atomic mass is 10.3. The third kappa shape index (κ3) is 4.51. The van der Waals surface area contributed by atoms with Crippen molar-refractivity contribution in [3.63, 3.8) is 0 Å². The highest BCUT2D eigenvalue weighted by Gasteiger charge is 2.20. The number of nitrogens with zero attached hydrogens (tertiary/aromatic N) is 5. The van der Waals surface area contributed by atoms with Gasteiger partial charge in [-0.25, -0.2) is 9.97 Å². The summed E-state index contributed by atoms with van der Waals surface area (Å²) >= 11 is 0. The SMILES string of the molecule is CCN1CCN(c2nc(C)cc(C(=O)NCc3ccccn3)n2)CC1. The first-order valence-electron chi connectivity index (χ1n) is 8.67. The summed E-state index contributed by atoms with van der Waals surface area (Å²) in [6.45, 7) is 9.26. The van der Waals surface area contributed by atoms with Gasteiger partial charge in [0.1, 0.15) is 5.69 Å². The number of nitrogens with one attached hydrogen (secondary N) is 1. The number of likely N-dealkylation sites (N-methyl/N-ethyl adjacent to an activating group) is 1. The monoisotopic (exact) mass is 340 g/mol. The number of rotatable bonds is 5. The van der Waals surface area contributed by atoms with Crippen molar-refractivity contribution in [2.75, 3.05) is 37.6 Å². The number of hydrogen-bond acceptors (Lipinski definition) is 6. The van der Waals surface area contributed by atoms with E-state index in [0.29, 0.717) is 18.2 Å². The van der Waals surface area contributed by atoms with Gasteiger partial charge in [-0.05, 0) is 31.7 Å². The lowest BCUT2D eigenvalue weighted by Crippen LogP contribution is -2.47. The lowest BCUT2D eigenvalue weighted by molar-refractivity contribution is 0.0945. The van der Waals surface area contributed by atoms with Crippen LogP contribution in [0.25, 0.3) is 0 Å². The predicted octanol–water partition coefficient (Wildman–Crippen LogP) is 1.25. The van der Waals surface area contributed by atoms with Crippen LogP contribution in [0, 0.1) is 6.92 Å². The van der Waals surface area contributed by atoms with Gasteiger partial charge >= 0.3 is 0 Å². The molecule has 1 aliphatic rings. The normalized spacial score (nSPS) is 15.2. The molecule has 3 rings (SSSR count). The van der Waals surface area contributed by atoms with Crippen molar-refractivity contribution < 1.29 is 4.79 Å². The van der Waals surface area contributed by atoms with E-state index in [1.54, 1.807) is 12.3 Å². The third-order valence-corrected chi connectivity index (χ3v) is 4.33. The van der Waals surface area contributed by atoms with Gasteiger partial charge in [0.25, 0.3) is 5.91 Å². The van der Waals surface area contributed by atoms with Gasteiger partial charge in [0.05, 0.1) is 12.2 Å². The van der Waals surface area contributed by atoms with Crippen LogP contribution in [-0.2, 0) is 6.54 Å². The van der Waals surface area contributed by atoms with E-state index < -0.39 is 0 Å². The molecule has 2 aromatic rings. The van der Waals surface area contributed by atoms with Crippen LogP contribution in [0.3, 0.4) is 0 Å². The van der Waals surface area contributed by atoms with Gasteiger partial charge in [-0.3, -0.25) is 9.78 Å². The van der Waals surface area contributed by atoms with Crippen LogP contribution in [0.2, 0.25) is 0 Å². The van der Waals surface area contributed by atoms with E-state index >= 15 is 0 Å². The molecule has 2 aromatic heterocycles. The first-order valence-corrected chi connectivity index (χ1v) is 8.67. The molecule has 0 unspecified atom stereocenters. The maximum atomic E-state index is 12.4. The first kappa shape index (κ1) is 17.3. The summed E-state index contributed by atoms with van der Waals surface area (Å²) < 4.78 is 0. The Morgan fingerprint density at radius 2 is 2.00 bits per heavy atom. The molecule has 1 saturated heterocycles. The van der Waals surface area contributed by atoms with Crippen LogP contribution in [0.15, 0.2) is 30.5 Å². The first-order chi connectivity index (χ1) is 12.2. The summed E-state index contributed by atoms with van der Waals surface area (Å²) in [5, 5.41) is 2.87. The standard InChI is InChI=1S/C18H24N6O/c1-3-23-8-10-24(11-9-23)18-21-14(2)12-16(22-18)17(25)20-13-15-6-4-5-7-19-15/h4-7,12H,3,8-11,13H2,1-2H3,(H,20,25). The van der Waals surface area contributed by atoms with E-state index in [2.05, 4.69) is 37.0 Å². The van der Waals surface area contributed by atoms with Gasteiger partial charge in [0.15, 0.2) is 0 Å². The van der Waals surface area contributed by atoms with Gasteiger partial charge in [-0.15, -0.1) is 0 Å². The molecule has 7 nitrogen and oxygen atoms in total. The number of amides is 1. The van der Waals surface area contributed by atoms with Gasteiger partial charge in [-0.2, -0.15) is 0 Å². The molecule has 1 aliphatic heterocycles. The largest absolute Gasteiger partial charge is 0.345 e. The van der Waals surface area contributed by atoms with Crippen LogP contribution < -0.4 is 10.2 Å². The number of carbonyl (C=O) groups excluding carboxylic acids is 1. The number of carbonyl (C=O) groups is 1. The van der Waals surface area contributed by atoms with Crippen LogP contribution >= 0.6 is 0 Å². The molecule has 0 radical (unpaired) electrons. The summed E-state index contributed by atoms with van der Waals surface area (Å²) in [7, 11) is 0. The Morgan fingerprint density at radius 3 is 2.68 bits per heavy atom. The van der Waals surface area contributed by atoms with Gasteiger partial charge in [0.2, 0.25) is 5.95 Å². The molecule has 0 saturated carbocycles. The fraction of sp³-hybridized carbons (Fsp3) is 0.444. The third-order valence-electron chi connectivity index (χ3n) is 4.33. The molecule has 132 valence electrons. The topological polar surface area (TPSA) is 74.2 Å². The summed E-state index contributed by atoms with van der Waals surface area (Å²) in [6.07, 6.45) is 1.71. The van der Waals surface area contributed by atoms with Gasteiger partial charge in [-0.1, -0.05) is 13.0 Å². The average Bonchev–Trinajstić information content (AvgIpc) is 2.66. The van der Waals surface area contributed by atoms with Gasteiger partial charge < -0.3 is 15.1 Å². The van der Waals surface area contributed by atoms with Crippen LogP contribution in [0.4, 0.5) is 5.95 Å². The molecule has 7 heteroatoms. The second-order valence-corrected chi connectivity index (χ2v) is 6.12. The van der Waals surface area contributed by atoms with E-state index in [1.165, 1.54) is 0 Å². The molecule has 0 aromatic carbocycles. The van der Waals surface area contributed by atoms with E-state index in [-0.39, 0.29) is 5.91 Å². The van der Waals surface area contributed by atoms with Crippen LogP contribution in [0.5, 0.6) is 0 Å². The Bertz CT molecular complexity index is 713. The zero-order valence-electron chi connectivity index (χ0n) is 14.8. The average molecular weight is 340 g/mol. The minimum atomic E-state index is -0.204. The molecule has 0 spiro atoms. The van der Waals surface area contributed by atoms with Crippen molar-refractivity contribution in [1.82, 2.24) is 25.2 Å². The molecule has 0 bridgehead atoms. The van der Waals surface area contributed by atoms with Crippen LogP contribution in [0.1, 0.15) is 28.8 Å². The Balaban J connectivity index is 1.67. The molecular weight excluding hydrogens is 316 g/mol. The van der Waals surface area contributed by atoms with Crippen molar-refractivity contribution in [2.24, 2.45) is 0 Å². The lowest BCUT2D eigenvalue weighted by Gasteiger charge is -2.34. The highest BCUT2D eigenvalue weighted by Crippen LogP contribution is 2.13. The Labute approximate surface area is 148 Å². The number of hydrogen-bond donors (Lipinski definition) is 1. The maximum Gasteiger partial charge on any atom is 0.270 e. The minimum absolute atomic E-state index is 0.204. The van der Waals surface area contributed by atoms with Crippen LogP contribution in [-0.4, -0.2) is 58.5 Å². The van der Waals surface area contributed by atoms with E-state index in [9.17, 15) is 4.79 Å². The molecule has 25 heavy (non-hydrogen) atoms. The number of aryl methyl sites for hydroxylation is 1. The maximum absolute atomic E-state index is 12.4. The zero-order chi connectivity index (χ0) is 17.6. The zero-order valence-corrected chi connectivity index (χ0v) is 14.8. The number of aromatic nitrogens is 3. The Kier molecular flexibility index (Phi) is 5.55. The number of pyridine rings is 1. The van der Waals surface area contributed by atoms with Crippen molar-refractivity contribution in [1.29, 1.82) is 0 Å². The molecular formula is C18H24N6O. The Hall–Kier alpha value is -2.54. The second-order valence-electron chi connectivity index (χ2n) is 6.12. The van der Waals surface area contributed by atoms with E-state index in [4.69, 9.17) is 0 Å². The van der Waals surface area contributed by atoms with Crippen molar-refractivity contribution in [3.8, 4) is 0 Å². The summed E-state index contributed by atoms with van der Waals surface area (Å²) in [5.41, 5.74) is 2.01. The summed E-state index contributed by atoms with van der Waals surface area (Å²) in [5.74, 6) is 0.434. The van der Waals surface area contributed by atoms with E-state index in [0.717, 1.165) is 44.1 Å². The molecule has 1 fully saturated rings. The summed E-state index contributed by atoms with van der Waals surface area (Å²) in [4.78, 5) is 30.2. The summed E-state index contributed by atoms with van der Waals surface area (Å²) in [6, 6.07) is 7.35. The molecule has 1 N–H and O–H groups in total. The van der Waals surface area contributed by atoms with E-state index in [1.807, 2.05) is 25.1 Å². The number of anilines is 1. The molecule has 1 amide bonds. The minimum Gasteiger partial charge on any atom is -0.345 e. The second kappa shape index (κ2) is 8.02. The highest BCUT2D eigenvalue weighted by molar-refractivity contribution is 5.92. The smallest absolute Gasteiger partial charge is 0.270 e. The van der Waals surface area contributed by atoms with Crippen molar-refractivity contribution in [2.45, 2.75) is 20.4 Å². The predicted molar refractivity (Wildman–Crippen MR) is 96.5 cm³/mol. The van der Waals surface area contributed by atoms with Crippen molar-refractivity contribution >= 4 is 11.9 Å². The number of piperazine rings is 1. The molecule has 0 aliphatic carbocycles. The molecule has 3 heterocycles. The van der Waals surface area contributed by atoms with Crippen molar-refractivity contribution in [3.05, 3.63) is 47.5 Å². The molecule has 0 atom stereocenters. The quantitative estimate of drug-likeness (QED) is 0.883. The Morgan fingerprint density at radius 1 is 1.20 bits per heavy atom. The highest BCUT2D eigenvalue weighted by atomic mass is 16.1. The van der Waals surface area contributed by atoms with Gasteiger partial charge in [0, 0.05) is 38.1 Å². The fourth-order valence-corrected chi connectivity index (χ4v) is 2.84. The fourth-order valence-electron chi connectivity index (χ4n) is 2.84.